The number of aryl methyl sites for hydroxylation is 1. The van der Waals surface area contributed by atoms with Crippen LogP contribution >= 0.6 is 0 Å². The molecule has 0 aromatic heterocycles. The van der Waals surface area contributed by atoms with E-state index in [9.17, 15) is 14.7 Å². The molecule has 5 heteroatoms. The van der Waals surface area contributed by atoms with E-state index in [4.69, 9.17) is 9.47 Å². The Morgan fingerprint density at radius 3 is 2.72 bits per heavy atom. The van der Waals surface area contributed by atoms with Crippen LogP contribution in [0.25, 0.3) is 0 Å². The molecular weight excluding hydrogens is 320 g/mol. The summed E-state index contributed by atoms with van der Waals surface area (Å²) < 4.78 is 10.6. The largest absolute Gasteiger partial charge is 0.489 e. The van der Waals surface area contributed by atoms with Gasteiger partial charge in [0.15, 0.2) is 0 Å². The molecule has 0 amide bonds. The van der Waals surface area contributed by atoms with E-state index < -0.39 is 11.9 Å². The van der Waals surface area contributed by atoms with Gasteiger partial charge in [0.25, 0.3) is 0 Å². The number of allylic oxidation sites excluding steroid dienone is 2. The molecule has 0 fully saturated rings. The van der Waals surface area contributed by atoms with E-state index in [1.165, 1.54) is 13.2 Å². The van der Waals surface area contributed by atoms with Gasteiger partial charge in [0.1, 0.15) is 12.4 Å². The summed E-state index contributed by atoms with van der Waals surface area (Å²) in [5.74, 6) is -1.12. The highest BCUT2D eigenvalue weighted by Crippen LogP contribution is 2.20. The molecule has 1 aromatic carbocycles. The van der Waals surface area contributed by atoms with Gasteiger partial charge in [-0.05, 0) is 43.9 Å². The van der Waals surface area contributed by atoms with Crippen molar-refractivity contribution in [3.63, 3.8) is 0 Å². The van der Waals surface area contributed by atoms with Gasteiger partial charge in [-0.2, -0.15) is 0 Å². The summed E-state index contributed by atoms with van der Waals surface area (Å²) >= 11 is 0. The minimum Gasteiger partial charge on any atom is -0.489 e. The highest BCUT2D eigenvalue weighted by molar-refractivity contribution is 5.91. The minimum atomic E-state index is -1.02. The average Bonchev–Trinajstić information content (AvgIpc) is 2.69. The predicted octanol–water partition coefficient (Wildman–Crippen LogP) is 3.69. The third-order valence-electron chi connectivity index (χ3n) is 3.81. The van der Waals surface area contributed by atoms with Gasteiger partial charge >= 0.3 is 11.9 Å². The molecule has 0 aliphatic heterocycles. The maximum atomic E-state index is 11.9. The highest BCUT2D eigenvalue weighted by Gasteiger charge is 2.14. The number of carbonyl (C=O) groups is 2. The average molecular weight is 342 g/mol. The molecule has 132 valence electrons. The molecule has 0 atom stereocenters. The number of carboxylic acid groups (broad SMARTS) is 1. The van der Waals surface area contributed by atoms with E-state index in [2.05, 4.69) is 0 Å². The fourth-order valence-electron chi connectivity index (χ4n) is 2.54. The molecule has 5 nitrogen and oxygen atoms in total. The lowest BCUT2D eigenvalue weighted by atomic mass is 10.1. The van der Waals surface area contributed by atoms with Crippen molar-refractivity contribution in [2.75, 3.05) is 7.11 Å². The normalized spacial score (nSPS) is 19.0. The minimum absolute atomic E-state index is 0.154. The van der Waals surface area contributed by atoms with E-state index in [0.29, 0.717) is 30.6 Å². The number of hydrogen-bond donors (Lipinski definition) is 1. The topological polar surface area (TPSA) is 72.8 Å². The predicted molar refractivity (Wildman–Crippen MR) is 93.7 cm³/mol. The Morgan fingerprint density at radius 1 is 1.24 bits per heavy atom. The maximum Gasteiger partial charge on any atom is 0.335 e. The molecule has 0 saturated carbocycles. The molecule has 0 bridgehead atoms. The lowest BCUT2D eigenvalue weighted by Gasteiger charge is -2.10. The Labute approximate surface area is 147 Å². The molecule has 0 saturated heterocycles. The van der Waals surface area contributed by atoms with Crippen LogP contribution in [-0.4, -0.2) is 24.2 Å². The molecule has 1 aromatic rings. The third-order valence-corrected chi connectivity index (χ3v) is 3.81. The van der Waals surface area contributed by atoms with E-state index in [1.807, 2.05) is 31.2 Å². The summed E-state index contributed by atoms with van der Waals surface area (Å²) in [5.41, 5.74) is 2.70. The van der Waals surface area contributed by atoms with Gasteiger partial charge in [0.2, 0.25) is 0 Å². The SMILES string of the molecule is COC(=O)/C1=C/C(OCc2cccc(C)c2)=C\C(C(=O)O)=CCCC1. The molecule has 0 heterocycles. The quantitative estimate of drug-likeness (QED) is 0.826. The molecule has 2 rings (SSSR count). The lowest BCUT2D eigenvalue weighted by Crippen LogP contribution is -2.06. The van der Waals surface area contributed by atoms with Gasteiger partial charge in [-0.25, -0.2) is 9.59 Å². The Bertz CT molecular complexity index is 740. The molecule has 0 radical (unpaired) electrons. The number of benzene rings is 1. The van der Waals surface area contributed by atoms with Crippen molar-refractivity contribution in [2.24, 2.45) is 0 Å². The summed E-state index contributed by atoms with van der Waals surface area (Å²) in [4.78, 5) is 23.3. The fourth-order valence-corrected chi connectivity index (χ4v) is 2.54. The van der Waals surface area contributed by atoms with Crippen LogP contribution in [0.3, 0.4) is 0 Å². The lowest BCUT2D eigenvalue weighted by molar-refractivity contribution is -0.136. The number of carbonyl (C=O) groups excluding carboxylic acids is 1. The zero-order valence-electron chi connectivity index (χ0n) is 14.5. The molecule has 1 aliphatic carbocycles. The maximum absolute atomic E-state index is 11.9. The highest BCUT2D eigenvalue weighted by atomic mass is 16.5. The Balaban J connectivity index is 2.30. The zero-order valence-corrected chi connectivity index (χ0v) is 14.5. The summed E-state index contributed by atoms with van der Waals surface area (Å²) in [6.07, 6.45) is 6.40. The molecule has 0 spiro atoms. The molecular formula is C20H22O5. The number of rotatable bonds is 5. The first-order chi connectivity index (χ1) is 12.0. The van der Waals surface area contributed by atoms with Crippen molar-refractivity contribution in [1.82, 2.24) is 0 Å². The van der Waals surface area contributed by atoms with Gasteiger partial charge in [-0.3, -0.25) is 0 Å². The first kappa shape index (κ1) is 18.5. The summed E-state index contributed by atoms with van der Waals surface area (Å²) in [5, 5.41) is 9.33. The van der Waals surface area contributed by atoms with Crippen LogP contribution in [0.1, 0.15) is 30.4 Å². The number of hydrogen-bond acceptors (Lipinski definition) is 4. The molecule has 1 aliphatic rings. The van der Waals surface area contributed by atoms with Crippen molar-refractivity contribution in [2.45, 2.75) is 32.8 Å². The van der Waals surface area contributed by atoms with Crippen molar-refractivity contribution in [3.8, 4) is 0 Å². The van der Waals surface area contributed by atoms with Crippen LogP contribution in [0, 0.1) is 6.92 Å². The number of esters is 1. The first-order valence-electron chi connectivity index (χ1n) is 8.12. The fraction of sp³-hybridized carbons (Fsp3) is 0.300. The van der Waals surface area contributed by atoms with E-state index >= 15 is 0 Å². The van der Waals surface area contributed by atoms with Gasteiger partial charge in [0.05, 0.1) is 12.7 Å². The van der Waals surface area contributed by atoms with E-state index in [0.717, 1.165) is 11.1 Å². The van der Waals surface area contributed by atoms with Crippen LogP contribution in [0.2, 0.25) is 0 Å². The standard InChI is InChI=1S/C20H22O5/c1-14-6-5-7-15(10-14)13-25-18-11-16(19(21)22)8-3-4-9-17(12-18)20(23)24-2/h5-8,10-12H,3-4,9,13H2,1-2H3,(H,21,22)/b16-8?,17-12+,18-11+. The van der Waals surface area contributed by atoms with E-state index in [-0.39, 0.29) is 12.2 Å². The van der Waals surface area contributed by atoms with Crippen molar-refractivity contribution in [1.29, 1.82) is 0 Å². The third kappa shape index (κ3) is 5.64. The van der Waals surface area contributed by atoms with Gasteiger partial charge in [-0.1, -0.05) is 35.9 Å². The zero-order chi connectivity index (χ0) is 18.2. The molecule has 25 heavy (non-hydrogen) atoms. The van der Waals surface area contributed by atoms with Crippen LogP contribution in [-0.2, 0) is 25.7 Å². The van der Waals surface area contributed by atoms with Crippen LogP contribution in [0.4, 0.5) is 0 Å². The van der Waals surface area contributed by atoms with Gasteiger partial charge in [-0.15, -0.1) is 0 Å². The first-order valence-corrected chi connectivity index (χ1v) is 8.12. The van der Waals surface area contributed by atoms with Crippen molar-refractivity contribution < 1.29 is 24.2 Å². The number of methoxy groups -OCH3 is 1. The Hall–Kier alpha value is -2.82. The van der Waals surface area contributed by atoms with Crippen LogP contribution in [0.15, 0.2) is 59.4 Å². The smallest absolute Gasteiger partial charge is 0.335 e. The van der Waals surface area contributed by atoms with E-state index in [1.54, 1.807) is 12.2 Å². The monoisotopic (exact) mass is 342 g/mol. The second-order valence-electron chi connectivity index (χ2n) is 5.84. The Kier molecular flexibility index (Phi) is 6.57. The molecule has 1 N–H and O–H groups in total. The van der Waals surface area contributed by atoms with Crippen molar-refractivity contribution in [3.05, 3.63) is 70.5 Å². The second-order valence-corrected chi connectivity index (χ2v) is 5.84. The number of aliphatic carboxylic acids is 1. The van der Waals surface area contributed by atoms with Gasteiger partial charge < -0.3 is 14.6 Å². The van der Waals surface area contributed by atoms with Crippen LogP contribution in [0.5, 0.6) is 0 Å². The van der Waals surface area contributed by atoms with Crippen LogP contribution < -0.4 is 0 Å². The summed E-state index contributed by atoms with van der Waals surface area (Å²) in [6.45, 7) is 2.27. The molecule has 0 unspecified atom stereocenters. The second kappa shape index (κ2) is 8.87. The van der Waals surface area contributed by atoms with Gasteiger partial charge in [0, 0.05) is 5.57 Å². The van der Waals surface area contributed by atoms with Crippen molar-refractivity contribution >= 4 is 11.9 Å². The number of ether oxygens (including phenoxy) is 2. The number of carboxylic acids is 1. The summed E-state index contributed by atoms with van der Waals surface area (Å²) in [7, 11) is 1.33. The summed E-state index contributed by atoms with van der Waals surface area (Å²) in [6, 6.07) is 7.85. The Morgan fingerprint density at radius 2 is 2.04 bits per heavy atom.